The number of fused-ring (bicyclic) bond motifs is 1. The van der Waals surface area contributed by atoms with Gasteiger partial charge >= 0.3 is 0 Å². The van der Waals surface area contributed by atoms with Crippen LogP contribution in [0.15, 0.2) is 54.3 Å². The van der Waals surface area contributed by atoms with Crippen LogP contribution in [0.2, 0.25) is 0 Å². The molecule has 3 nitrogen and oxygen atoms in total. The molecule has 2 aromatic rings. The lowest BCUT2D eigenvalue weighted by atomic mass is 10.1. The molecule has 1 aliphatic rings. The van der Waals surface area contributed by atoms with Crippen molar-refractivity contribution in [2.75, 3.05) is 5.32 Å². The van der Waals surface area contributed by atoms with E-state index in [0.717, 1.165) is 33.7 Å². The first-order chi connectivity index (χ1) is 11.0. The molecule has 0 fully saturated rings. The van der Waals surface area contributed by atoms with Crippen LogP contribution in [0.1, 0.15) is 22.3 Å². The second kappa shape index (κ2) is 6.13. The normalized spacial score (nSPS) is 12.7. The summed E-state index contributed by atoms with van der Waals surface area (Å²) in [5.41, 5.74) is 5.56. The molecule has 3 rings (SSSR count). The number of carbonyl (C=O) groups excluding carboxylic acids is 1. The first kappa shape index (κ1) is 15.1. The van der Waals surface area contributed by atoms with Crippen molar-refractivity contribution >= 4 is 17.7 Å². The zero-order valence-corrected chi connectivity index (χ0v) is 13.5. The van der Waals surface area contributed by atoms with E-state index in [1.165, 1.54) is 0 Å². The van der Waals surface area contributed by atoms with Gasteiger partial charge in [-0.15, -0.1) is 0 Å². The third kappa shape index (κ3) is 3.34. The quantitative estimate of drug-likeness (QED) is 0.884. The molecule has 3 heteroatoms. The van der Waals surface area contributed by atoms with Gasteiger partial charge in [-0.3, -0.25) is 4.79 Å². The third-order valence-corrected chi connectivity index (χ3v) is 3.83. The van der Waals surface area contributed by atoms with Crippen LogP contribution in [0, 0.1) is 20.8 Å². The van der Waals surface area contributed by atoms with E-state index in [0.29, 0.717) is 5.57 Å². The second-order valence-electron chi connectivity index (χ2n) is 5.83. The molecule has 1 amide bonds. The minimum absolute atomic E-state index is 0.146. The molecule has 23 heavy (non-hydrogen) atoms. The predicted octanol–water partition coefficient (Wildman–Crippen LogP) is 4.54. The van der Waals surface area contributed by atoms with Crippen molar-refractivity contribution in [1.29, 1.82) is 0 Å². The maximum Gasteiger partial charge on any atom is 0.255 e. The molecular formula is C20H19NO2. The zero-order chi connectivity index (χ0) is 16.4. The van der Waals surface area contributed by atoms with Gasteiger partial charge in [-0.1, -0.05) is 24.3 Å². The van der Waals surface area contributed by atoms with Gasteiger partial charge < -0.3 is 10.1 Å². The van der Waals surface area contributed by atoms with E-state index in [2.05, 4.69) is 5.32 Å². The SMILES string of the molecule is Cc1ccc(C)c(NC(=O)C2=Cc3ccc(C)cc3OC=C2)c1. The summed E-state index contributed by atoms with van der Waals surface area (Å²) in [6, 6.07) is 11.9. The van der Waals surface area contributed by atoms with Gasteiger partial charge in [0.25, 0.3) is 5.91 Å². The number of benzene rings is 2. The molecule has 0 unspecified atom stereocenters. The topological polar surface area (TPSA) is 38.3 Å². The van der Waals surface area contributed by atoms with Crippen molar-refractivity contribution in [2.24, 2.45) is 0 Å². The molecule has 0 saturated carbocycles. The molecule has 1 aliphatic heterocycles. The van der Waals surface area contributed by atoms with Crippen LogP contribution in [0.5, 0.6) is 5.75 Å². The van der Waals surface area contributed by atoms with Crippen LogP contribution < -0.4 is 10.1 Å². The second-order valence-corrected chi connectivity index (χ2v) is 5.83. The minimum Gasteiger partial charge on any atom is -0.464 e. The molecule has 1 N–H and O–H groups in total. The van der Waals surface area contributed by atoms with E-state index in [9.17, 15) is 4.79 Å². The van der Waals surface area contributed by atoms with Crippen molar-refractivity contribution in [3.8, 4) is 5.75 Å². The molecule has 2 aromatic carbocycles. The monoisotopic (exact) mass is 305 g/mol. The summed E-state index contributed by atoms with van der Waals surface area (Å²) >= 11 is 0. The Morgan fingerprint density at radius 3 is 2.57 bits per heavy atom. The zero-order valence-electron chi connectivity index (χ0n) is 13.5. The van der Waals surface area contributed by atoms with E-state index in [1.807, 2.05) is 63.2 Å². The summed E-state index contributed by atoms with van der Waals surface area (Å²) in [5.74, 6) is 0.614. The Labute approximate surface area is 136 Å². The summed E-state index contributed by atoms with van der Waals surface area (Å²) in [4.78, 5) is 12.6. The molecule has 0 atom stereocenters. The van der Waals surface area contributed by atoms with Gasteiger partial charge in [-0.25, -0.2) is 0 Å². The fraction of sp³-hybridized carbons (Fsp3) is 0.150. The van der Waals surface area contributed by atoms with Gasteiger partial charge in [-0.2, -0.15) is 0 Å². The summed E-state index contributed by atoms with van der Waals surface area (Å²) in [6.45, 7) is 6.00. The number of amides is 1. The first-order valence-electron chi connectivity index (χ1n) is 7.57. The predicted molar refractivity (Wildman–Crippen MR) is 93.5 cm³/mol. The fourth-order valence-corrected chi connectivity index (χ4v) is 2.47. The highest BCUT2D eigenvalue weighted by Crippen LogP contribution is 2.26. The standard InChI is InChI=1S/C20H19NO2/c1-13-4-6-15(3)18(10-13)21-20(22)17-8-9-23-19-11-14(2)5-7-16(19)12-17/h4-12H,1-3H3,(H,21,22). The van der Waals surface area contributed by atoms with Gasteiger partial charge in [0, 0.05) is 16.8 Å². The lowest BCUT2D eigenvalue weighted by Gasteiger charge is -2.09. The number of aryl methyl sites for hydroxylation is 3. The smallest absolute Gasteiger partial charge is 0.255 e. The van der Waals surface area contributed by atoms with Crippen molar-refractivity contribution < 1.29 is 9.53 Å². The van der Waals surface area contributed by atoms with Crippen LogP contribution in [0.25, 0.3) is 6.08 Å². The third-order valence-electron chi connectivity index (χ3n) is 3.83. The Morgan fingerprint density at radius 1 is 1.00 bits per heavy atom. The molecule has 0 saturated heterocycles. The average Bonchev–Trinajstić information content (AvgIpc) is 2.72. The number of hydrogen-bond donors (Lipinski definition) is 1. The van der Waals surface area contributed by atoms with Crippen LogP contribution in [-0.4, -0.2) is 5.91 Å². The van der Waals surface area contributed by atoms with Crippen molar-refractivity contribution in [2.45, 2.75) is 20.8 Å². The minimum atomic E-state index is -0.146. The summed E-state index contributed by atoms with van der Waals surface area (Å²) in [7, 11) is 0. The van der Waals surface area contributed by atoms with E-state index in [-0.39, 0.29) is 5.91 Å². The van der Waals surface area contributed by atoms with E-state index >= 15 is 0 Å². The number of ether oxygens (including phenoxy) is 1. The van der Waals surface area contributed by atoms with Gasteiger partial charge in [-0.05, 0) is 61.7 Å². The van der Waals surface area contributed by atoms with Crippen LogP contribution in [0.3, 0.4) is 0 Å². The van der Waals surface area contributed by atoms with Gasteiger partial charge in [0.2, 0.25) is 0 Å². The summed E-state index contributed by atoms with van der Waals surface area (Å²) in [6.07, 6.45) is 5.09. The maximum absolute atomic E-state index is 12.6. The Balaban J connectivity index is 1.90. The van der Waals surface area contributed by atoms with Gasteiger partial charge in [0.15, 0.2) is 0 Å². The molecular weight excluding hydrogens is 286 g/mol. The number of hydrogen-bond acceptors (Lipinski definition) is 2. The van der Waals surface area contributed by atoms with Crippen molar-refractivity contribution in [3.05, 3.63) is 76.6 Å². The largest absolute Gasteiger partial charge is 0.464 e. The van der Waals surface area contributed by atoms with Crippen molar-refractivity contribution in [1.82, 2.24) is 0 Å². The summed E-state index contributed by atoms with van der Waals surface area (Å²) < 4.78 is 5.59. The average molecular weight is 305 g/mol. The molecule has 0 bridgehead atoms. The Kier molecular flexibility index (Phi) is 4.02. The number of anilines is 1. The van der Waals surface area contributed by atoms with Crippen molar-refractivity contribution in [3.63, 3.8) is 0 Å². The molecule has 1 heterocycles. The Morgan fingerprint density at radius 2 is 1.74 bits per heavy atom. The lowest BCUT2D eigenvalue weighted by molar-refractivity contribution is -0.112. The van der Waals surface area contributed by atoms with Gasteiger partial charge in [0.1, 0.15) is 5.75 Å². The van der Waals surface area contributed by atoms with Crippen LogP contribution in [0.4, 0.5) is 5.69 Å². The molecule has 0 radical (unpaired) electrons. The fourth-order valence-electron chi connectivity index (χ4n) is 2.47. The lowest BCUT2D eigenvalue weighted by Crippen LogP contribution is -2.14. The maximum atomic E-state index is 12.6. The molecule has 0 spiro atoms. The molecule has 0 aromatic heterocycles. The highest BCUT2D eigenvalue weighted by molar-refractivity contribution is 6.09. The molecule has 0 aliphatic carbocycles. The highest BCUT2D eigenvalue weighted by Gasteiger charge is 2.13. The van der Waals surface area contributed by atoms with Crippen LogP contribution in [-0.2, 0) is 4.79 Å². The highest BCUT2D eigenvalue weighted by atomic mass is 16.5. The Bertz CT molecular complexity index is 832. The van der Waals surface area contributed by atoms with E-state index in [4.69, 9.17) is 4.74 Å². The van der Waals surface area contributed by atoms with E-state index < -0.39 is 0 Å². The molecule has 116 valence electrons. The first-order valence-corrected chi connectivity index (χ1v) is 7.57. The Hall–Kier alpha value is -2.81. The van der Waals surface area contributed by atoms with Gasteiger partial charge in [0.05, 0.1) is 6.26 Å². The summed E-state index contributed by atoms with van der Waals surface area (Å²) in [5, 5.41) is 2.98. The number of nitrogens with one attached hydrogen (secondary N) is 1. The number of carbonyl (C=O) groups is 1. The van der Waals surface area contributed by atoms with E-state index in [1.54, 1.807) is 12.3 Å². The van der Waals surface area contributed by atoms with Crippen LogP contribution >= 0.6 is 0 Å². The number of rotatable bonds is 2.